The van der Waals surface area contributed by atoms with Crippen molar-refractivity contribution >= 4 is 27.6 Å². The molecule has 0 aliphatic heterocycles. The molecule has 0 amide bonds. The summed E-state index contributed by atoms with van der Waals surface area (Å²) < 4.78 is 32.1. The van der Waals surface area contributed by atoms with E-state index >= 15 is 0 Å². The van der Waals surface area contributed by atoms with Crippen LogP contribution in [0, 0.1) is 6.92 Å². The first-order valence-electron chi connectivity index (χ1n) is 6.28. The molecule has 1 aromatic carbocycles. The van der Waals surface area contributed by atoms with E-state index < -0.39 is 16.0 Å². The summed E-state index contributed by atoms with van der Waals surface area (Å²) in [6.45, 7) is 3.40. The third-order valence-corrected chi connectivity index (χ3v) is 4.90. The van der Waals surface area contributed by atoms with Crippen LogP contribution in [0.15, 0.2) is 17.0 Å². The maximum Gasteiger partial charge on any atom is 0.336 e. The Labute approximate surface area is 129 Å². The molecular weight excluding hydrogens is 318 g/mol. The van der Waals surface area contributed by atoms with Crippen molar-refractivity contribution in [2.24, 2.45) is 0 Å². The van der Waals surface area contributed by atoms with Crippen LogP contribution >= 0.6 is 11.6 Å². The lowest BCUT2D eigenvalue weighted by Crippen LogP contribution is -2.33. The van der Waals surface area contributed by atoms with Gasteiger partial charge in [-0.05, 0) is 31.0 Å². The van der Waals surface area contributed by atoms with Crippen molar-refractivity contribution in [1.29, 1.82) is 0 Å². The van der Waals surface area contributed by atoms with Crippen LogP contribution in [0.4, 0.5) is 0 Å². The molecule has 0 aromatic heterocycles. The topological polar surface area (TPSA) is 92.7 Å². The molecule has 0 spiro atoms. The number of hydrogen-bond acceptors (Lipinski definition) is 4. The standard InChI is InChI=1S/C13H18ClNO5S/c1-4-10(20-3)7-15-21(18,19)12-6-9(14)5-11(8(12)2)13(16)17/h5-6,10,15H,4,7H2,1-3H3,(H,16,17). The molecule has 21 heavy (non-hydrogen) atoms. The number of benzene rings is 1. The summed E-state index contributed by atoms with van der Waals surface area (Å²) in [6, 6.07) is 2.46. The van der Waals surface area contributed by atoms with Gasteiger partial charge in [-0.15, -0.1) is 0 Å². The predicted molar refractivity (Wildman–Crippen MR) is 79.4 cm³/mol. The van der Waals surface area contributed by atoms with Crippen LogP contribution in [0.2, 0.25) is 5.02 Å². The molecule has 1 unspecified atom stereocenters. The Balaban J connectivity index is 3.17. The smallest absolute Gasteiger partial charge is 0.336 e. The van der Waals surface area contributed by atoms with E-state index in [1.807, 2.05) is 6.92 Å². The van der Waals surface area contributed by atoms with Crippen molar-refractivity contribution < 1.29 is 23.1 Å². The minimum atomic E-state index is -3.86. The van der Waals surface area contributed by atoms with Crippen LogP contribution in [0.5, 0.6) is 0 Å². The maximum absolute atomic E-state index is 12.3. The Bertz CT molecular complexity index is 626. The molecule has 6 nitrogen and oxygen atoms in total. The average Bonchev–Trinajstić information content (AvgIpc) is 2.41. The van der Waals surface area contributed by atoms with E-state index in [0.717, 1.165) is 0 Å². The molecule has 8 heteroatoms. The normalized spacial score (nSPS) is 13.1. The molecule has 1 rings (SSSR count). The molecule has 0 heterocycles. The third kappa shape index (κ3) is 4.41. The van der Waals surface area contributed by atoms with Gasteiger partial charge in [0.1, 0.15) is 0 Å². The molecule has 0 saturated carbocycles. The highest BCUT2D eigenvalue weighted by Crippen LogP contribution is 2.24. The van der Waals surface area contributed by atoms with E-state index in [0.29, 0.717) is 6.42 Å². The summed E-state index contributed by atoms with van der Waals surface area (Å²) in [5.74, 6) is -1.23. The molecular formula is C13H18ClNO5S. The van der Waals surface area contributed by atoms with E-state index in [2.05, 4.69) is 4.72 Å². The van der Waals surface area contributed by atoms with Crippen molar-refractivity contribution in [3.8, 4) is 0 Å². The number of carboxylic acids is 1. The van der Waals surface area contributed by atoms with Crippen LogP contribution in [0.1, 0.15) is 29.3 Å². The van der Waals surface area contributed by atoms with Gasteiger partial charge in [0.15, 0.2) is 0 Å². The van der Waals surface area contributed by atoms with Gasteiger partial charge < -0.3 is 9.84 Å². The fraction of sp³-hybridized carbons (Fsp3) is 0.462. The average molecular weight is 336 g/mol. The number of sulfonamides is 1. The predicted octanol–water partition coefficient (Wildman–Crippen LogP) is 2.05. The Morgan fingerprint density at radius 3 is 2.57 bits per heavy atom. The number of halogens is 1. The van der Waals surface area contributed by atoms with Gasteiger partial charge in [-0.25, -0.2) is 17.9 Å². The van der Waals surface area contributed by atoms with Gasteiger partial charge >= 0.3 is 5.97 Å². The first kappa shape index (κ1) is 17.9. The van der Waals surface area contributed by atoms with Gasteiger partial charge in [-0.1, -0.05) is 18.5 Å². The molecule has 1 aromatic rings. The largest absolute Gasteiger partial charge is 0.478 e. The number of nitrogens with one attached hydrogen (secondary N) is 1. The van der Waals surface area contributed by atoms with Crippen LogP contribution in [-0.4, -0.2) is 39.3 Å². The number of methoxy groups -OCH3 is 1. The summed E-state index contributed by atoms with van der Waals surface area (Å²) in [7, 11) is -2.37. The number of aromatic carboxylic acids is 1. The molecule has 0 bridgehead atoms. The molecule has 0 fully saturated rings. The Morgan fingerprint density at radius 2 is 2.10 bits per heavy atom. The third-order valence-electron chi connectivity index (χ3n) is 3.13. The highest BCUT2D eigenvalue weighted by atomic mass is 35.5. The van der Waals surface area contributed by atoms with E-state index in [1.54, 1.807) is 0 Å². The second kappa shape index (κ2) is 7.22. The van der Waals surface area contributed by atoms with E-state index in [-0.39, 0.29) is 33.7 Å². The van der Waals surface area contributed by atoms with Gasteiger partial charge in [-0.2, -0.15) is 0 Å². The second-order valence-electron chi connectivity index (χ2n) is 4.50. The van der Waals surface area contributed by atoms with Gasteiger partial charge in [0, 0.05) is 18.7 Å². The van der Waals surface area contributed by atoms with E-state index in [4.69, 9.17) is 21.4 Å². The van der Waals surface area contributed by atoms with Crippen molar-refractivity contribution in [1.82, 2.24) is 4.72 Å². The summed E-state index contributed by atoms with van der Waals surface area (Å²) in [6.07, 6.45) is 0.395. The van der Waals surface area contributed by atoms with E-state index in [9.17, 15) is 13.2 Å². The quantitative estimate of drug-likeness (QED) is 0.795. The van der Waals surface area contributed by atoms with Crippen molar-refractivity contribution in [2.75, 3.05) is 13.7 Å². The SMILES string of the molecule is CCC(CNS(=O)(=O)c1cc(Cl)cc(C(=O)O)c1C)OC. The number of hydrogen-bond donors (Lipinski definition) is 2. The zero-order valence-electron chi connectivity index (χ0n) is 12.0. The van der Waals surface area contributed by atoms with Gasteiger partial charge in [0.25, 0.3) is 0 Å². The molecule has 0 saturated heterocycles. The van der Waals surface area contributed by atoms with Crippen molar-refractivity contribution in [2.45, 2.75) is 31.3 Å². The number of rotatable bonds is 7. The number of carbonyl (C=O) groups is 1. The monoisotopic (exact) mass is 335 g/mol. The molecule has 0 radical (unpaired) electrons. The van der Waals surface area contributed by atoms with Crippen molar-refractivity contribution in [3.05, 3.63) is 28.3 Å². The number of ether oxygens (including phenoxy) is 1. The fourth-order valence-electron chi connectivity index (χ4n) is 1.83. The minimum absolute atomic E-state index is 0.0529. The van der Waals surface area contributed by atoms with Crippen molar-refractivity contribution in [3.63, 3.8) is 0 Å². The highest BCUT2D eigenvalue weighted by Gasteiger charge is 2.22. The van der Waals surface area contributed by atoms with Gasteiger partial charge in [0.2, 0.25) is 10.0 Å². The minimum Gasteiger partial charge on any atom is -0.478 e. The number of carboxylic acid groups (broad SMARTS) is 1. The van der Waals surface area contributed by atoms with Gasteiger partial charge in [0.05, 0.1) is 16.6 Å². The van der Waals surface area contributed by atoms with E-state index in [1.165, 1.54) is 26.2 Å². The lowest BCUT2D eigenvalue weighted by Gasteiger charge is -2.16. The zero-order valence-corrected chi connectivity index (χ0v) is 13.6. The zero-order chi connectivity index (χ0) is 16.2. The first-order chi connectivity index (χ1) is 9.72. The maximum atomic E-state index is 12.3. The second-order valence-corrected chi connectivity index (χ2v) is 6.67. The van der Waals surface area contributed by atoms with Crippen LogP contribution < -0.4 is 4.72 Å². The lowest BCUT2D eigenvalue weighted by atomic mass is 10.1. The molecule has 0 aliphatic carbocycles. The highest BCUT2D eigenvalue weighted by molar-refractivity contribution is 7.89. The lowest BCUT2D eigenvalue weighted by molar-refractivity contribution is 0.0695. The van der Waals surface area contributed by atoms with Crippen LogP contribution in [0.25, 0.3) is 0 Å². The van der Waals surface area contributed by atoms with Crippen LogP contribution in [-0.2, 0) is 14.8 Å². The Morgan fingerprint density at radius 1 is 1.48 bits per heavy atom. The Kier molecular flexibility index (Phi) is 6.15. The molecule has 2 N–H and O–H groups in total. The Hall–Kier alpha value is -1.15. The van der Waals surface area contributed by atoms with Crippen LogP contribution in [0.3, 0.4) is 0 Å². The summed E-state index contributed by atoms with van der Waals surface area (Å²) in [5, 5.41) is 9.13. The van der Waals surface area contributed by atoms with Gasteiger partial charge in [-0.3, -0.25) is 0 Å². The molecule has 118 valence electrons. The molecule has 0 aliphatic rings. The summed E-state index contributed by atoms with van der Waals surface area (Å²) >= 11 is 5.81. The molecule has 1 atom stereocenters. The summed E-state index contributed by atoms with van der Waals surface area (Å²) in [5.41, 5.74) is 0.00604. The first-order valence-corrected chi connectivity index (χ1v) is 8.15. The summed E-state index contributed by atoms with van der Waals surface area (Å²) in [4.78, 5) is 11.0. The fourth-order valence-corrected chi connectivity index (χ4v) is 3.47.